The molecule has 1 N–H and O–H groups in total. The Bertz CT molecular complexity index is 763. The van der Waals surface area contributed by atoms with Crippen LogP contribution in [0.25, 0.3) is 10.2 Å². The largest absolute Gasteiger partial charge is 0.354 e. The Morgan fingerprint density at radius 1 is 1.20 bits per heavy atom. The third-order valence-electron chi connectivity index (χ3n) is 3.02. The van der Waals surface area contributed by atoms with E-state index in [1.807, 2.05) is 25.1 Å². The zero-order valence-electron chi connectivity index (χ0n) is 11.4. The van der Waals surface area contributed by atoms with Crippen LogP contribution in [0, 0.1) is 13.8 Å². The van der Waals surface area contributed by atoms with Crippen LogP contribution >= 0.6 is 34.3 Å². The second kappa shape index (κ2) is 5.31. The van der Waals surface area contributed by atoms with Crippen molar-refractivity contribution in [1.29, 1.82) is 0 Å². The number of aromatic nitrogens is 2. The van der Waals surface area contributed by atoms with Crippen LogP contribution in [0.2, 0.25) is 5.02 Å². The lowest BCUT2D eigenvalue weighted by atomic mass is 10.2. The molecule has 0 fully saturated rings. The van der Waals surface area contributed by atoms with Gasteiger partial charge in [-0.15, -0.1) is 11.3 Å². The fourth-order valence-corrected chi connectivity index (χ4v) is 4.19. The summed E-state index contributed by atoms with van der Waals surface area (Å²) in [4.78, 5) is 10.3. The van der Waals surface area contributed by atoms with Gasteiger partial charge in [-0.05, 0) is 39.0 Å². The first kappa shape index (κ1) is 13.8. The molecule has 0 amide bonds. The summed E-state index contributed by atoms with van der Waals surface area (Å²) in [6, 6.07) is 6.00. The number of nitrogens with one attached hydrogen (secondary N) is 1. The van der Waals surface area contributed by atoms with Crippen molar-refractivity contribution in [2.75, 3.05) is 5.32 Å². The van der Waals surface area contributed by atoms with Gasteiger partial charge in [0.25, 0.3) is 0 Å². The Morgan fingerprint density at radius 3 is 2.70 bits per heavy atom. The molecule has 3 nitrogen and oxygen atoms in total. The summed E-state index contributed by atoms with van der Waals surface area (Å²) in [7, 11) is 0. The van der Waals surface area contributed by atoms with E-state index in [4.69, 9.17) is 11.6 Å². The highest BCUT2D eigenvalue weighted by Gasteiger charge is 2.14. The topological polar surface area (TPSA) is 37.8 Å². The van der Waals surface area contributed by atoms with Crippen molar-refractivity contribution in [3.63, 3.8) is 0 Å². The van der Waals surface area contributed by atoms with Crippen molar-refractivity contribution in [3.05, 3.63) is 38.8 Å². The molecular formula is C14H14ClN3S2. The molecule has 104 valence electrons. The molecule has 20 heavy (non-hydrogen) atoms. The number of thiazole rings is 2. The summed E-state index contributed by atoms with van der Waals surface area (Å²) in [5.74, 6) is 0. The molecule has 3 rings (SSSR count). The Kier molecular flexibility index (Phi) is 3.67. The SMILES string of the molecule is Cc1nc(C)c(C(C)Nc2nc3cc(Cl)ccc3s2)s1. The maximum atomic E-state index is 5.99. The first-order chi connectivity index (χ1) is 9.52. The Morgan fingerprint density at radius 2 is 2.00 bits per heavy atom. The van der Waals surface area contributed by atoms with Gasteiger partial charge in [0.05, 0.1) is 27.0 Å². The number of rotatable bonds is 3. The smallest absolute Gasteiger partial charge is 0.184 e. The minimum absolute atomic E-state index is 0.206. The van der Waals surface area contributed by atoms with Crippen LogP contribution in [0.4, 0.5) is 5.13 Å². The van der Waals surface area contributed by atoms with Crippen molar-refractivity contribution in [2.24, 2.45) is 0 Å². The fraction of sp³-hybridized carbons (Fsp3) is 0.286. The Balaban J connectivity index is 1.87. The molecule has 0 aliphatic heterocycles. The summed E-state index contributed by atoms with van der Waals surface area (Å²) in [5, 5.41) is 6.19. The highest BCUT2D eigenvalue weighted by atomic mass is 35.5. The van der Waals surface area contributed by atoms with Gasteiger partial charge in [-0.3, -0.25) is 0 Å². The molecule has 0 aliphatic carbocycles. The molecule has 1 unspecified atom stereocenters. The van der Waals surface area contributed by atoms with Gasteiger partial charge >= 0.3 is 0 Å². The van der Waals surface area contributed by atoms with E-state index >= 15 is 0 Å². The zero-order chi connectivity index (χ0) is 14.3. The number of hydrogen-bond donors (Lipinski definition) is 1. The first-order valence-electron chi connectivity index (χ1n) is 6.29. The first-order valence-corrected chi connectivity index (χ1v) is 8.30. The van der Waals surface area contributed by atoms with Gasteiger partial charge in [-0.2, -0.15) is 0 Å². The molecule has 0 bridgehead atoms. The molecule has 6 heteroatoms. The van der Waals surface area contributed by atoms with Crippen LogP contribution in [0.3, 0.4) is 0 Å². The molecule has 0 saturated carbocycles. The van der Waals surface area contributed by atoms with E-state index in [1.165, 1.54) is 4.88 Å². The van der Waals surface area contributed by atoms with Crippen LogP contribution in [-0.4, -0.2) is 9.97 Å². The number of aryl methyl sites for hydroxylation is 2. The molecule has 2 heterocycles. The van der Waals surface area contributed by atoms with E-state index in [9.17, 15) is 0 Å². The quantitative estimate of drug-likeness (QED) is 0.720. The highest BCUT2D eigenvalue weighted by molar-refractivity contribution is 7.22. The molecule has 3 aromatic rings. The lowest BCUT2D eigenvalue weighted by Gasteiger charge is -2.11. The van der Waals surface area contributed by atoms with E-state index in [0.29, 0.717) is 0 Å². The third kappa shape index (κ3) is 2.66. The summed E-state index contributed by atoms with van der Waals surface area (Å²) in [6.07, 6.45) is 0. The number of benzene rings is 1. The van der Waals surface area contributed by atoms with Gasteiger partial charge in [0.1, 0.15) is 0 Å². The van der Waals surface area contributed by atoms with Crippen LogP contribution in [0.15, 0.2) is 18.2 Å². The lowest BCUT2D eigenvalue weighted by molar-refractivity contribution is 0.888. The number of halogens is 1. The molecule has 0 saturated heterocycles. The molecule has 0 radical (unpaired) electrons. The van der Waals surface area contributed by atoms with E-state index in [-0.39, 0.29) is 6.04 Å². The minimum Gasteiger partial charge on any atom is -0.354 e. The van der Waals surface area contributed by atoms with Crippen molar-refractivity contribution >= 4 is 49.6 Å². The van der Waals surface area contributed by atoms with Gasteiger partial charge < -0.3 is 5.32 Å². The van der Waals surface area contributed by atoms with Gasteiger partial charge in [0.2, 0.25) is 0 Å². The second-order valence-electron chi connectivity index (χ2n) is 4.68. The summed E-state index contributed by atoms with van der Waals surface area (Å²) in [6.45, 7) is 6.22. The van der Waals surface area contributed by atoms with Crippen molar-refractivity contribution < 1.29 is 0 Å². The second-order valence-corrected chi connectivity index (χ2v) is 7.38. The van der Waals surface area contributed by atoms with Crippen LogP contribution in [0.5, 0.6) is 0 Å². The lowest BCUT2D eigenvalue weighted by Crippen LogP contribution is -2.05. The van der Waals surface area contributed by atoms with Crippen molar-refractivity contribution in [1.82, 2.24) is 9.97 Å². The van der Waals surface area contributed by atoms with Gasteiger partial charge in [0.15, 0.2) is 5.13 Å². The summed E-state index contributed by atoms with van der Waals surface area (Å²) in [5.41, 5.74) is 2.03. The number of nitrogens with zero attached hydrogens (tertiary/aromatic N) is 2. The van der Waals surface area contributed by atoms with E-state index in [2.05, 4.69) is 29.1 Å². The molecule has 0 spiro atoms. The van der Waals surface area contributed by atoms with Crippen LogP contribution in [-0.2, 0) is 0 Å². The predicted octanol–water partition coefficient (Wildman–Crippen LogP) is 5.20. The summed E-state index contributed by atoms with van der Waals surface area (Å²) < 4.78 is 1.14. The van der Waals surface area contributed by atoms with Gasteiger partial charge in [-0.25, -0.2) is 9.97 Å². The van der Waals surface area contributed by atoms with E-state index < -0.39 is 0 Å². The minimum atomic E-state index is 0.206. The van der Waals surface area contributed by atoms with Crippen LogP contribution in [0.1, 0.15) is 28.5 Å². The highest BCUT2D eigenvalue weighted by Crippen LogP contribution is 2.32. The zero-order valence-corrected chi connectivity index (χ0v) is 13.8. The van der Waals surface area contributed by atoms with Gasteiger partial charge in [0, 0.05) is 9.90 Å². The number of anilines is 1. The molecular weight excluding hydrogens is 310 g/mol. The molecule has 2 aromatic heterocycles. The van der Waals surface area contributed by atoms with Crippen LogP contribution < -0.4 is 5.32 Å². The normalized spacial score (nSPS) is 12.8. The number of fused-ring (bicyclic) bond motifs is 1. The molecule has 1 aromatic carbocycles. The third-order valence-corrected chi connectivity index (χ3v) is 5.48. The maximum absolute atomic E-state index is 5.99. The number of hydrogen-bond acceptors (Lipinski definition) is 5. The fourth-order valence-electron chi connectivity index (χ4n) is 2.16. The Labute approximate surface area is 130 Å². The Hall–Kier alpha value is -1.17. The maximum Gasteiger partial charge on any atom is 0.184 e. The van der Waals surface area contributed by atoms with Gasteiger partial charge in [-0.1, -0.05) is 22.9 Å². The average molecular weight is 324 g/mol. The van der Waals surface area contributed by atoms with Crippen molar-refractivity contribution in [3.8, 4) is 0 Å². The monoisotopic (exact) mass is 323 g/mol. The molecule has 1 atom stereocenters. The van der Waals surface area contributed by atoms with Crippen molar-refractivity contribution in [2.45, 2.75) is 26.8 Å². The average Bonchev–Trinajstić information content (AvgIpc) is 2.91. The predicted molar refractivity (Wildman–Crippen MR) is 88.3 cm³/mol. The van der Waals surface area contributed by atoms with E-state index in [1.54, 1.807) is 22.7 Å². The molecule has 0 aliphatic rings. The van der Waals surface area contributed by atoms with E-state index in [0.717, 1.165) is 31.1 Å². The standard InChI is InChI=1S/C14H14ClN3S2/c1-7-13(19-9(3)16-7)8(2)17-14-18-11-6-10(15)4-5-12(11)20-14/h4-6,8H,1-3H3,(H,17,18). The summed E-state index contributed by atoms with van der Waals surface area (Å²) >= 11 is 9.37.